The largest absolute Gasteiger partial charge is 0.490 e. The van der Waals surface area contributed by atoms with Crippen LogP contribution in [0.3, 0.4) is 0 Å². The molecule has 1 heterocycles. The number of amides is 1. The van der Waals surface area contributed by atoms with Crippen LogP contribution >= 0.6 is 24.0 Å². The standard InChI is InChI=1S/C25H38N4O2.HI/c1-2-26-25(28-21-15-16-29(18-21)24(30)19-9-3-4-10-19)27-17-20-11-5-8-14-23(20)31-22-12-6-7-13-22;/h5,8,11,14,19,21-22H,2-4,6-7,9-10,12-13,15-18H2,1H3,(H2,26,27,28);1H. The van der Waals surface area contributed by atoms with Crippen LogP contribution in [-0.4, -0.2) is 48.5 Å². The number of nitrogens with zero attached hydrogens (tertiary/aromatic N) is 2. The van der Waals surface area contributed by atoms with Gasteiger partial charge in [-0.3, -0.25) is 4.79 Å². The number of hydrogen-bond acceptors (Lipinski definition) is 3. The van der Waals surface area contributed by atoms with Gasteiger partial charge in [-0.1, -0.05) is 31.0 Å². The molecular weight excluding hydrogens is 515 g/mol. The molecule has 0 radical (unpaired) electrons. The minimum absolute atomic E-state index is 0. The first-order chi connectivity index (χ1) is 15.2. The third kappa shape index (κ3) is 6.75. The van der Waals surface area contributed by atoms with Crippen LogP contribution in [0.5, 0.6) is 5.75 Å². The summed E-state index contributed by atoms with van der Waals surface area (Å²) in [5.41, 5.74) is 1.12. The normalized spacial score (nSPS) is 22.1. The smallest absolute Gasteiger partial charge is 0.225 e. The Morgan fingerprint density at radius 1 is 1.09 bits per heavy atom. The van der Waals surface area contributed by atoms with Crippen molar-refractivity contribution in [2.75, 3.05) is 19.6 Å². The van der Waals surface area contributed by atoms with Crippen LogP contribution in [0.25, 0.3) is 0 Å². The Labute approximate surface area is 210 Å². The second-order valence-electron chi connectivity index (χ2n) is 9.22. The second kappa shape index (κ2) is 12.7. The second-order valence-corrected chi connectivity index (χ2v) is 9.22. The monoisotopic (exact) mass is 554 g/mol. The lowest BCUT2D eigenvalue weighted by Gasteiger charge is -2.21. The average molecular weight is 555 g/mol. The number of benzene rings is 1. The highest BCUT2D eigenvalue weighted by molar-refractivity contribution is 14.0. The maximum Gasteiger partial charge on any atom is 0.225 e. The molecule has 0 bridgehead atoms. The molecule has 32 heavy (non-hydrogen) atoms. The number of likely N-dealkylation sites (tertiary alicyclic amines) is 1. The zero-order valence-corrected chi connectivity index (χ0v) is 21.7. The fourth-order valence-electron chi connectivity index (χ4n) is 5.12. The van der Waals surface area contributed by atoms with E-state index < -0.39 is 0 Å². The predicted octanol–water partition coefficient (Wildman–Crippen LogP) is 4.47. The number of para-hydroxylation sites is 1. The van der Waals surface area contributed by atoms with Crippen molar-refractivity contribution in [3.63, 3.8) is 0 Å². The third-order valence-corrected chi connectivity index (χ3v) is 6.87. The molecule has 3 aliphatic rings. The first kappa shape index (κ1) is 25.1. The molecule has 3 fully saturated rings. The van der Waals surface area contributed by atoms with Crippen molar-refractivity contribution >= 4 is 35.8 Å². The summed E-state index contributed by atoms with van der Waals surface area (Å²) in [6.45, 7) is 5.10. The maximum absolute atomic E-state index is 12.7. The number of hydrogen-bond donors (Lipinski definition) is 2. The van der Waals surface area contributed by atoms with Gasteiger partial charge in [-0.25, -0.2) is 4.99 Å². The molecule has 1 amide bonds. The Balaban J connectivity index is 0.00000289. The van der Waals surface area contributed by atoms with Crippen LogP contribution in [-0.2, 0) is 11.3 Å². The highest BCUT2D eigenvalue weighted by atomic mass is 127. The van der Waals surface area contributed by atoms with E-state index in [9.17, 15) is 4.79 Å². The Bertz CT molecular complexity index is 760. The zero-order chi connectivity index (χ0) is 21.5. The van der Waals surface area contributed by atoms with Crippen LogP contribution in [0.1, 0.15) is 70.3 Å². The molecule has 1 saturated heterocycles. The van der Waals surface area contributed by atoms with E-state index in [0.29, 0.717) is 18.6 Å². The number of rotatable bonds is 7. The van der Waals surface area contributed by atoms with Crippen LogP contribution in [0.2, 0.25) is 0 Å². The lowest BCUT2D eigenvalue weighted by atomic mass is 10.1. The van der Waals surface area contributed by atoms with Crippen LogP contribution in [0.15, 0.2) is 29.3 Å². The van der Waals surface area contributed by atoms with E-state index in [1.54, 1.807) is 0 Å². The molecule has 2 aliphatic carbocycles. The molecule has 1 atom stereocenters. The van der Waals surface area contributed by atoms with Gasteiger partial charge >= 0.3 is 0 Å². The van der Waals surface area contributed by atoms with Gasteiger partial charge in [0.15, 0.2) is 5.96 Å². The van der Waals surface area contributed by atoms with Crippen molar-refractivity contribution < 1.29 is 9.53 Å². The average Bonchev–Trinajstić information content (AvgIpc) is 3.55. The third-order valence-electron chi connectivity index (χ3n) is 6.87. The fourth-order valence-corrected chi connectivity index (χ4v) is 5.12. The predicted molar refractivity (Wildman–Crippen MR) is 140 cm³/mol. The summed E-state index contributed by atoms with van der Waals surface area (Å²) >= 11 is 0. The zero-order valence-electron chi connectivity index (χ0n) is 19.4. The van der Waals surface area contributed by atoms with E-state index in [2.05, 4.69) is 40.7 Å². The molecule has 4 rings (SSSR count). The van der Waals surface area contributed by atoms with Gasteiger partial charge in [0.05, 0.1) is 12.6 Å². The van der Waals surface area contributed by atoms with Gasteiger partial charge in [-0.2, -0.15) is 0 Å². The number of halogens is 1. The first-order valence-electron chi connectivity index (χ1n) is 12.3. The molecular formula is C25H39IN4O2. The van der Waals surface area contributed by atoms with Gasteiger partial charge in [0, 0.05) is 37.2 Å². The van der Waals surface area contributed by atoms with Gasteiger partial charge in [0.2, 0.25) is 5.91 Å². The molecule has 2 N–H and O–H groups in total. The minimum atomic E-state index is 0. The van der Waals surface area contributed by atoms with Crippen LogP contribution in [0, 0.1) is 5.92 Å². The van der Waals surface area contributed by atoms with Crippen molar-refractivity contribution in [3.8, 4) is 5.75 Å². The highest BCUT2D eigenvalue weighted by Gasteiger charge is 2.32. The van der Waals surface area contributed by atoms with E-state index in [-0.39, 0.29) is 35.9 Å². The summed E-state index contributed by atoms with van der Waals surface area (Å²) in [5.74, 6) is 2.40. The quantitative estimate of drug-likeness (QED) is 0.297. The molecule has 6 nitrogen and oxygen atoms in total. The van der Waals surface area contributed by atoms with Crippen LogP contribution < -0.4 is 15.4 Å². The number of guanidine groups is 1. The number of ether oxygens (including phenoxy) is 1. The lowest BCUT2D eigenvalue weighted by Crippen LogP contribution is -2.45. The minimum Gasteiger partial charge on any atom is -0.490 e. The van der Waals surface area contributed by atoms with Crippen molar-refractivity contribution in [1.82, 2.24) is 15.5 Å². The van der Waals surface area contributed by atoms with E-state index in [1.807, 2.05) is 6.07 Å². The summed E-state index contributed by atoms with van der Waals surface area (Å²) in [4.78, 5) is 19.6. The Hall–Kier alpha value is -1.51. The van der Waals surface area contributed by atoms with Gasteiger partial charge in [0.1, 0.15) is 5.75 Å². The Morgan fingerprint density at radius 3 is 2.56 bits per heavy atom. The Kier molecular flexibility index (Phi) is 9.93. The van der Waals surface area contributed by atoms with Gasteiger partial charge in [-0.15, -0.1) is 24.0 Å². The van der Waals surface area contributed by atoms with E-state index >= 15 is 0 Å². The molecule has 1 aromatic rings. The number of carbonyl (C=O) groups excluding carboxylic acids is 1. The molecule has 2 saturated carbocycles. The van der Waals surface area contributed by atoms with Crippen molar-refractivity contribution in [2.45, 2.75) is 83.4 Å². The summed E-state index contributed by atoms with van der Waals surface area (Å²) in [6.07, 6.45) is 10.7. The topological polar surface area (TPSA) is 66.0 Å². The fraction of sp³-hybridized carbons (Fsp3) is 0.680. The molecule has 0 spiro atoms. The SMILES string of the molecule is CCNC(=NCc1ccccc1OC1CCCC1)NC1CCN(C(=O)C2CCCC2)C1.I. The number of carbonyl (C=O) groups is 1. The van der Waals surface area contributed by atoms with E-state index in [1.165, 1.54) is 25.7 Å². The Morgan fingerprint density at radius 2 is 1.81 bits per heavy atom. The molecule has 0 aromatic heterocycles. The number of aliphatic imine (C=N–C) groups is 1. The van der Waals surface area contributed by atoms with Crippen LogP contribution in [0.4, 0.5) is 0 Å². The van der Waals surface area contributed by atoms with Gasteiger partial charge in [-0.05, 0) is 57.9 Å². The molecule has 1 aliphatic heterocycles. The highest BCUT2D eigenvalue weighted by Crippen LogP contribution is 2.28. The van der Waals surface area contributed by atoms with Crippen molar-refractivity contribution in [3.05, 3.63) is 29.8 Å². The molecule has 1 unspecified atom stereocenters. The summed E-state index contributed by atoms with van der Waals surface area (Å²) in [6, 6.07) is 8.52. The van der Waals surface area contributed by atoms with Gasteiger partial charge in [0.25, 0.3) is 0 Å². The van der Waals surface area contributed by atoms with E-state index in [4.69, 9.17) is 9.73 Å². The molecule has 7 heteroatoms. The summed E-state index contributed by atoms with van der Waals surface area (Å²) < 4.78 is 6.27. The molecule has 178 valence electrons. The van der Waals surface area contributed by atoms with E-state index in [0.717, 1.165) is 69.0 Å². The van der Waals surface area contributed by atoms with Crippen molar-refractivity contribution in [2.24, 2.45) is 10.9 Å². The maximum atomic E-state index is 12.7. The number of nitrogens with one attached hydrogen (secondary N) is 2. The van der Waals surface area contributed by atoms with Gasteiger partial charge < -0.3 is 20.3 Å². The van der Waals surface area contributed by atoms with Crippen molar-refractivity contribution in [1.29, 1.82) is 0 Å². The lowest BCUT2D eigenvalue weighted by molar-refractivity contribution is -0.134. The molecule has 1 aromatic carbocycles. The summed E-state index contributed by atoms with van der Waals surface area (Å²) in [5, 5.41) is 6.93. The summed E-state index contributed by atoms with van der Waals surface area (Å²) in [7, 11) is 0. The first-order valence-corrected chi connectivity index (χ1v) is 12.3.